The molecule has 0 aliphatic heterocycles. The number of hydrogen-bond acceptors (Lipinski definition) is 5. The fourth-order valence-electron chi connectivity index (χ4n) is 2.52. The van der Waals surface area contributed by atoms with Gasteiger partial charge in [0.1, 0.15) is 5.75 Å². The molecule has 0 spiro atoms. The molecule has 5 nitrogen and oxygen atoms in total. The van der Waals surface area contributed by atoms with Crippen molar-refractivity contribution in [1.29, 1.82) is 0 Å². The second-order valence-corrected chi connectivity index (χ2v) is 7.13. The van der Waals surface area contributed by atoms with Gasteiger partial charge >= 0.3 is 0 Å². The van der Waals surface area contributed by atoms with Gasteiger partial charge in [-0.3, -0.25) is 4.79 Å². The van der Waals surface area contributed by atoms with Gasteiger partial charge in [-0.25, -0.2) is 0 Å². The van der Waals surface area contributed by atoms with Crippen LogP contribution in [0.5, 0.6) is 5.75 Å². The van der Waals surface area contributed by atoms with Gasteiger partial charge in [-0.2, -0.15) is 9.50 Å². The first-order valence-electron chi connectivity index (χ1n) is 7.46. The zero-order valence-corrected chi connectivity index (χ0v) is 15.5. The van der Waals surface area contributed by atoms with Crippen molar-refractivity contribution in [2.75, 3.05) is 7.11 Å². The first kappa shape index (κ1) is 16.0. The van der Waals surface area contributed by atoms with E-state index in [1.54, 1.807) is 13.2 Å². The number of benzene rings is 2. The van der Waals surface area contributed by atoms with Gasteiger partial charge in [0.15, 0.2) is 5.82 Å². The topological polar surface area (TPSA) is 56.5 Å². The number of halogens is 1. The third kappa shape index (κ3) is 2.85. The Morgan fingerprint density at radius 3 is 2.68 bits per heavy atom. The average molecular weight is 414 g/mol. The van der Waals surface area contributed by atoms with Crippen LogP contribution >= 0.6 is 27.3 Å². The molecule has 4 aromatic rings. The van der Waals surface area contributed by atoms with Gasteiger partial charge in [-0.05, 0) is 24.3 Å². The monoisotopic (exact) mass is 413 g/mol. The molecule has 0 amide bonds. The Morgan fingerprint density at radius 2 is 1.92 bits per heavy atom. The molecular formula is C18H12BrN3O2S. The summed E-state index contributed by atoms with van der Waals surface area (Å²) in [6, 6.07) is 15.2. The second kappa shape index (κ2) is 6.42. The molecule has 0 saturated heterocycles. The maximum Gasteiger partial charge on any atom is 0.291 e. The van der Waals surface area contributed by atoms with Gasteiger partial charge in [-0.1, -0.05) is 57.6 Å². The summed E-state index contributed by atoms with van der Waals surface area (Å²) in [5.74, 6) is 1.24. The molecule has 124 valence electrons. The van der Waals surface area contributed by atoms with E-state index in [1.165, 1.54) is 15.9 Å². The van der Waals surface area contributed by atoms with Crippen LogP contribution in [0, 0.1) is 0 Å². The molecule has 2 aromatic heterocycles. The highest BCUT2D eigenvalue weighted by atomic mass is 79.9. The third-order valence-electron chi connectivity index (χ3n) is 3.72. The normalized spacial score (nSPS) is 12.0. The summed E-state index contributed by atoms with van der Waals surface area (Å²) < 4.78 is 8.14. The van der Waals surface area contributed by atoms with Crippen molar-refractivity contribution in [2.24, 2.45) is 0 Å². The zero-order chi connectivity index (χ0) is 17.4. The number of aromatic nitrogens is 3. The van der Waals surface area contributed by atoms with Crippen LogP contribution in [0.2, 0.25) is 0 Å². The Hall–Kier alpha value is -2.51. The van der Waals surface area contributed by atoms with Crippen LogP contribution in [0.4, 0.5) is 0 Å². The lowest BCUT2D eigenvalue weighted by molar-refractivity contribution is 0.414. The minimum atomic E-state index is -0.184. The van der Waals surface area contributed by atoms with Gasteiger partial charge in [-0.15, -0.1) is 5.10 Å². The van der Waals surface area contributed by atoms with Gasteiger partial charge in [0.05, 0.1) is 11.6 Å². The summed E-state index contributed by atoms with van der Waals surface area (Å²) in [6.45, 7) is 0. The van der Waals surface area contributed by atoms with Crippen molar-refractivity contribution in [1.82, 2.24) is 14.6 Å². The minimum absolute atomic E-state index is 0.184. The lowest BCUT2D eigenvalue weighted by Crippen LogP contribution is -2.23. The molecule has 0 fully saturated rings. The van der Waals surface area contributed by atoms with Crippen LogP contribution in [0.25, 0.3) is 22.4 Å². The maximum atomic E-state index is 12.6. The van der Waals surface area contributed by atoms with Crippen LogP contribution < -0.4 is 14.8 Å². The molecule has 0 radical (unpaired) electrons. The maximum absolute atomic E-state index is 12.6. The van der Waals surface area contributed by atoms with Gasteiger partial charge in [0.2, 0.25) is 4.96 Å². The Balaban J connectivity index is 1.85. The summed E-state index contributed by atoms with van der Waals surface area (Å²) in [4.78, 5) is 17.7. The van der Waals surface area contributed by atoms with E-state index >= 15 is 0 Å². The molecular weight excluding hydrogens is 402 g/mol. The van der Waals surface area contributed by atoms with Crippen LogP contribution in [0.1, 0.15) is 5.56 Å². The predicted octanol–water partition coefficient (Wildman–Crippen LogP) is 3.14. The molecule has 0 aliphatic carbocycles. The standard InChI is InChI=1S/C18H12BrN3O2S/c1-24-14-9-5-2-6-11(14)10-15-17(23)22-18(25-15)20-16(21-22)12-7-3-4-8-13(12)19/h2-10H,1H3. The van der Waals surface area contributed by atoms with E-state index in [0.29, 0.717) is 15.3 Å². The Labute approximate surface area is 155 Å². The zero-order valence-electron chi connectivity index (χ0n) is 13.1. The number of rotatable bonds is 3. The van der Waals surface area contributed by atoms with Crippen LogP contribution in [0.3, 0.4) is 0 Å². The molecule has 0 aliphatic rings. The van der Waals surface area contributed by atoms with Gasteiger partial charge < -0.3 is 4.74 Å². The number of nitrogens with zero attached hydrogens (tertiary/aromatic N) is 3. The number of ether oxygens (including phenoxy) is 1. The fourth-order valence-corrected chi connectivity index (χ4v) is 3.88. The summed E-state index contributed by atoms with van der Waals surface area (Å²) in [7, 11) is 1.61. The highest BCUT2D eigenvalue weighted by Crippen LogP contribution is 2.25. The summed E-state index contributed by atoms with van der Waals surface area (Å²) >= 11 is 4.80. The SMILES string of the molecule is COc1ccccc1C=c1sc2nc(-c3ccccc3Br)nn2c1=O. The van der Waals surface area contributed by atoms with Crippen molar-refractivity contribution in [3.63, 3.8) is 0 Å². The first-order chi connectivity index (χ1) is 12.2. The molecule has 4 rings (SSSR count). The van der Waals surface area contributed by atoms with E-state index in [1.807, 2.05) is 48.5 Å². The molecule has 0 saturated carbocycles. The molecule has 2 heterocycles. The van der Waals surface area contributed by atoms with Gasteiger partial charge in [0, 0.05) is 15.6 Å². The molecule has 7 heteroatoms. The lowest BCUT2D eigenvalue weighted by Gasteiger charge is -2.02. The van der Waals surface area contributed by atoms with Crippen molar-refractivity contribution < 1.29 is 4.74 Å². The van der Waals surface area contributed by atoms with E-state index in [2.05, 4.69) is 26.0 Å². The molecule has 0 N–H and O–H groups in total. The number of methoxy groups -OCH3 is 1. The predicted molar refractivity (Wildman–Crippen MR) is 102 cm³/mol. The highest BCUT2D eigenvalue weighted by Gasteiger charge is 2.13. The number of para-hydroxylation sites is 1. The Morgan fingerprint density at radius 1 is 1.16 bits per heavy atom. The summed E-state index contributed by atoms with van der Waals surface area (Å²) in [5, 5.41) is 4.37. The van der Waals surface area contributed by atoms with Gasteiger partial charge in [0.25, 0.3) is 5.56 Å². The second-order valence-electron chi connectivity index (χ2n) is 5.27. The molecule has 0 unspecified atom stereocenters. The van der Waals surface area contributed by atoms with Crippen molar-refractivity contribution >= 4 is 38.3 Å². The molecule has 2 aromatic carbocycles. The van der Waals surface area contributed by atoms with Crippen LogP contribution in [-0.2, 0) is 0 Å². The quantitative estimate of drug-likeness (QED) is 0.517. The molecule has 25 heavy (non-hydrogen) atoms. The largest absolute Gasteiger partial charge is 0.496 e. The smallest absolute Gasteiger partial charge is 0.291 e. The van der Waals surface area contributed by atoms with Crippen molar-refractivity contribution in [3.05, 3.63) is 73.5 Å². The minimum Gasteiger partial charge on any atom is -0.496 e. The van der Waals surface area contributed by atoms with E-state index in [-0.39, 0.29) is 5.56 Å². The fraction of sp³-hybridized carbons (Fsp3) is 0.0556. The van der Waals surface area contributed by atoms with E-state index < -0.39 is 0 Å². The third-order valence-corrected chi connectivity index (χ3v) is 5.37. The Kier molecular flexibility index (Phi) is 4.10. The summed E-state index contributed by atoms with van der Waals surface area (Å²) in [6.07, 6.45) is 1.81. The number of hydrogen-bond donors (Lipinski definition) is 0. The van der Waals surface area contributed by atoms with E-state index in [4.69, 9.17) is 4.74 Å². The Bertz CT molecular complexity index is 1180. The van der Waals surface area contributed by atoms with Crippen molar-refractivity contribution in [3.8, 4) is 17.1 Å². The highest BCUT2D eigenvalue weighted by molar-refractivity contribution is 9.10. The lowest BCUT2D eigenvalue weighted by atomic mass is 10.2. The van der Waals surface area contributed by atoms with E-state index in [9.17, 15) is 4.79 Å². The first-order valence-corrected chi connectivity index (χ1v) is 9.07. The molecule has 0 bridgehead atoms. The van der Waals surface area contributed by atoms with Crippen molar-refractivity contribution in [2.45, 2.75) is 0 Å². The van der Waals surface area contributed by atoms with Crippen LogP contribution in [-0.4, -0.2) is 21.7 Å². The van der Waals surface area contributed by atoms with Crippen LogP contribution in [0.15, 0.2) is 57.8 Å². The number of thiazole rings is 1. The average Bonchev–Trinajstić information content (AvgIpc) is 3.16. The summed E-state index contributed by atoms with van der Waals surface area (Å²) in [5.41, 5.74) is 1.52. The van der Waals surface area contributed by atoms with E-state index in [0.717, 1.165) is 21.3 Å². The number of fused-ring (bicyclic) bond motifs is 1. The molecule has 0 atom stereocenters.